The summed E-state index contributed by atoms with van der Waals surface area (Å²) in [7, 11) is 0. The van der Waals surface area contributed by atoms with Crippen molar-refractivity contribution in [1.29, 1.82) is 0 Å². The van der Waals surface area contributed by atoms with E-state index in [1.54, 1.807) is 0 Å². The standard InChI is InChI=1S/C17H36N2O/c1-6-7-19-11-15(9-17(20)14(4)5)8-16(12-19)18-10-13(2)3/h13-18,20H,6-12H2,1-5H3. The molecule has 1 fully saturated rings. The van der Waals surface area contributed by atoms with Crippen molar-refractivity contribution in [3.63, 3.8) is 0 Å². The van der Waals surface area contributed by atoms with Gasteiger partial charge in [0.15, 0.2) is 0 Å². The highest BCUT2D eigenvalue weighted by molar-refractivity contribution is 4.85. The Bertz CT molecular complexity index is 255. The van der Waals surface area contributed by atoms with Crippen LogP contribution in [0.5, 0.6) is 0 Å². The van der Waals surface area contributed by atoms with Crippen LogP contribution in [0.25, 0.3) is 0 Å². The van der Waals surface area contributed by atoms with Crippen LogP contribution in [0.4, 0.5) is 0 Å². The van der Waals surface area contributed by atoms with Crippen LogP contribution in [-0.2, 0) is 0 Å². The molecule has 0 aliphatic carbocycles. The first-order valence-corrected chi connectivity index (χ1v) is 8.56. The monoisotopic (exact) mass is 284 g/mol. The SMILES string of the molecule is CCCN1CC(CC(O)C(C)C)CC(NCC(C)C)C1. The van der Waals surface area contributed by atoms with E-state index in [1.807, 2.05) is 0 Å². The first-order chi connectivity index (χ1) is 9.42. The molecule has 3 atom stereocenters. The van der Waals surface area contributed by atoms with Crippen LogP contribution >= 0.6 is 0 Å². The van der Waals surface area contributed by atoms with Gasteiger partial charge in [-0.05, 0) is 50.1 Å². The Morgan fingerprint density at radius 3 is 2.45 bits per heavy atom. The Balaban J connectivity index is 2.51. The number of aliphatic hydroxyl groups is 1. The van der Waals surface area contributed by atoms with Gasteiger partial charge in [-0.3, -0.25) is 0 Å². The lowest BCUT2D eigenvalue weighted by molar-refractivity contribution is 0.0613. The van der Waals surface area contributed by atoms with Gasteiger partial charge in [0.2, 0.25) is 0 Å². The maximum absolute atomic E-state index is 10.2. The van der Waals surface area contributed by atoms with Gasteiger partial charge in [-0.25, -0.2) is 0 Å². The van der Waals surface area contributed by atoms with Gasteiger partial charge in [0.1, 0.15) is 0 Å². The third-order valence-electron chi connectivity index (χ3n) is 4.31. The van der Waals surface area contributed by atoms with Crippen molar-refractivity contribution >= 4 is 0 Å². The number of nitrogens with one attached hydrogen (secondary N) is 1. The van der Waals surface area contributed by atoms with E-state index in [9.17, 15) is 5.11 Å². The summed E-state index contributed by atoms with van der Waals surface area (Å²) in [6.07, 6.45) is 3.25. The Hall–Kier alpha value is -0.120. The summed E-state index contributed by atoms with van der Waals surface area (Å²) in [5.74, 6) is 1.72. The molecule has 1 aliphatic heterocycles. The molecule has 20 heavy (non-hydrogen) atoms. The summed E-state index contributed by atoms with van der Waals surface area (Å²) in [6, 6.07) is 0.599. The van der Waals surface area contributed by atoms with E-state index in [4.69, 9.17) is 0 Å². The summed E-state index contributed by atoms with van der Waals surface area (Å²) in [6.45, 7) is 15.6. The molecule has 3 nitrogen and oxygen atoms in total. The second-order valence-electron chi connectivity index (χ2n) is 7.41. The number of hydrogen-bond donors (Lipinski definition) is 2. The Morgan fingerprint density at radius 2 is 1.90 bits per heavy atom. The van der Waals surface area contributed by atoms with Crippen molar-refractivity contribution in [3.05, 3.63) is 0 Å². The zero-order chi connectivity index (χ0) is 15.1. The number of rotatable bonds is 8. The van der Waals surface area contributed by atoms with E-state index in [2.05, 4.69) is 44.8 Å². The summed E-state index contributed by atoms with van der Waals surface area (Å²) in [5.41, 5.74) is 0. The van der Waals surface area contributed by atoms with Gasteiger partial charge in [0, 0.05) is 19.1 Å². The average molecular weight is 284 g/mol. The largest absolute Gasteiger partial charge is 0.393 e. The molecule has 0 saturated carbocycles. The van der Waals surface area contributed by atoms with E-state index >= 15 is 0 Å². The van der Waals surface area contributed by atoms with Crippen molar-refractivity contribution < 1.29 is 5.11 Å². The van der Waals surface area contributed by atoms with Crippen molar-refractivity contribution in [2.45, 2.75) is 66.0 Å². The maximum atomic E-state index is 10.2. The zero-order valence-corrected chi connectivity index (χ0v) is 14.2. The molecule has 1 rings (SSSR count). The molecular formula is C17H36N2O. The molecule has 3 unspecified atom stereocenters. The minimum Gasteiger partial charge on any atom is -0.393 e. The fourth-order valence-electron chi connectivity index (χ4n) is 3.14. The van der Waals surface area contributed by atoms with Gasteiger partial charge in [-0.2, -0.15) is 0 Å². The summed E-state index contributed by atoms with van der Waals surface area (Å²) >= 11 is 0. The number of hydrogen-bond acceptors (Lipinski definition) is 3. The highest BCUT2D eigenvalue weighted by atomic mass is 16.3. The minimum atomic E-state index is -0.146. The topological polar surface area (TPSA) is 35.5 Å². The normalized spacial score (nSPS) is 26.4. The third kappa shape index (κ3) is 6.55. The van der Waals surface area contributed by atoms with E-state index in [0.717, 1.165) is 19.5 Å². The molecule has 0 aromatic carbocycles. The second kappa shape index (κ2) is 9.01. The van der Waals surface area contributed by atoms with Crippen LogP contribution in [0, 0.1) is 17.8 Å². The summed E-state index contributed by atoms with van der Waals surface area (Å²) in [4.78, 5) is 2.58. The predicted molar refractivity (Wildman–Crippen MR) is 86.9 cm³/mol. The van der Waals surface area contributed by atoms with Crippen LogP contribution in [0.1, 0.15) is 53.9 Å². The molecule has 0 bridgehead atoms. The molecule has 0 radical (unpaired) electrons. The molecule has 1 saturated heterocycles. The van der Waals surface area contributed by atoms with Crippen molar-refractivity contribution in [2.75, 3.05) is 26.2 Å². The van der Waals surface area contributed by atoms with E-state index in [-0.39, 0.29) is 6.10 Å². The van der Waals surface area contributed by atoms with E-state index in [0.29, 0.717) is 23.8 Å². The summed E-state index contributed by atoms with van der Waals surface area (Å²) in [5, 5.41) is 13.9. The van der Waals surface area contributed by atoms with Crippen LogP contribution in [0.2, 0.25) is 0 Å². The fourth-order valence-corrected chi connectivity index (χ4v) is 3.14. The minimum absolute atomic E-state index is 0.146. The lowest BCUT2D eigenvalue weighted by Gasteiger charge is -2.39. The smallest absolute Gasteiger partial charge is 0.0566 e. The number of nitrogens with zero attached hydrogens (tertiary/aromatic N) is 1. The molecule has 1 heterocycles. The molecule has 3 heteroatoms. The van der Waals surface area contributed by atoms with Crippen molar-refractivity contribution in [3.8, 4) is 0 Å². The van der Waals surface area contributed by atoms with Gasteiger partial charge in [0.25, 0.3) is 0 Å². The quantitative estimate of drug-likeness (QED) is 0.719. The van der Waals surface area contributed by atoms with Crippen LogP contribution < -0.4 is 5.32 Å². The lowest BCUT2D eigenvalue weighted by atomic mass is 9.86. The molecule has 0 aromatic rings. The average Bonchev–Trinajstić information content (AvgIpc) is 2.36. The Morgan fingerprint density at radius 1 is 1.20 bits per heavy atom. The molecule has 1 aliphatic rings. The van der Waals surface area contributed by atoms with Gasteiger partial charge in [-0.1, -0.05) is 34.6 Å². The molecular weight excluding hydrogens is 248 g/mol. The van der Waals surface area contributed by atoms with Gasteiger partial charge in [0.05, 0.1) is 6.10 Å². The van der Waals surface area contributed by atoms with E-state index in [1.165, 1.54) is 25.9 Å². The highest BCUT2D eigenvalue weighted by Gasteiger charge is 2.28. The predicted octanol–water partition coefficient (Wildman–Crippen LogP) is 2.74. The van der Waals surface area contributed by atoms with Crippen LogP contribution in [-0.4, -0.2) is 48.3 Å². The zero-order valence-electron chi connectivity index (χ0n) is 14.2. The molecule has 0 aromatic heterocycles. The van der Waals surface area contributed by atoms with Crippen LogP contribution in [0.3, 0.4) is 0 Å². The Labute approximate surface area is 126 Å². The molecule has 0 amide bonds. The maximum Gasteiger partial charge on any atom is 0.0566 e. The van der Waals surface area contributed by atoms with E-state index < -0.39 is 0 Å². The van der Waals surface area contributed by atoms with Crippen LogP contribution in [0.15, 0.2) is 0 Å². The number of piperidine rings is 1. The second-order valence-corrected chi connectivity index (χ2v) is 7.41. The molecule has 120 valence electrons. The Kier molecular flexibility index (Phi) is 8.08. The molecule has 0 spiro atoms. The number of likely N-dealkylation sites (tertiary alicyclic amines) is 1. The van der Waals surface area contributed by atoms with Gasteiger partial charge < -0.3 is 15.3 Å². The van der Waals surface area contributed by atoms with Crippen molar-refractivity contribution in [2.24, 2.45) is 17.8 Å². The molecule has 2 N–H and O–H groups in total. The third-order valence-corrected chi connectivity index (χ3v) is 4.31. The first kappa shape index (κ1) is 17.9. The first-order valence-electron chi connectivity index (χ1n) is 8.56. The number of aliphatic hydroxyl groups excluding tert-OH is 1. The lowest BCUT2D eigenvalue weighted by Crippen LogP contribution is -2.50. The highest BCUT2D eigenvalue weighted by Crippen LogP contribution is 2.24. The van der Waals surface area contributed by atoms with Gasteiger partial charge >= 0.3 is 0 Å². The van der Waals surface area contributed by atoms with Gasteiger partial charge in [-0.15, -0.1) is 0 Å². The van der Waals surface area contributed by atoms with Crippen molar-refractivity contribution in [1.82, 2.24) is 10.2 Å². The fraction of sp³-hybridized carbons (Fsp3) is 1.00. The summed E-state index contributed by atoms with van der Waals surface area (Å²) < 4.78 is 0.